The summed E-state index contributed by atoms with van der Waals surface area (Å²) in [4.78, 5) is 20.4. The zero-order chi connectivity index (χ0) is 23.1. The van der Waals surface area contributed by atoms with Crippen molar-refractivity contribution in [1.29, 1.82) is 0 Å². The minimum Gasteiger partial charge on any atom is -0.356 e. The molecule has 170 valence electrons. The van der Waals surface area contributed by atoms with Gasteiger partial charge in [-0.05, 0) is 67.8 Å². The summed E-state index contributed by atoms with van der Waals surface area (Å²) in [6, 6.07) is 18.5. The number of nitrogens with zero attached hydrogens (tertiary/aromatic N) is 2. The maximum absolute atomic E-state index is 12.8. The van der Waals surface area contributed by atoms with Crippen LogP contribution in [0.25, 0.3) is 10.9 Å². The van der Waals surface area contributed by atoms with Crippen molar-refractivity contribution in [3.8, 4) is 0 Å². The molecule has 0 saturated heterocycles. The Morgan fingerprint density at radius 2 is 1.78 bits per heavy atom. The predicted octanol–water partition coefficient (Wildman–Crippen LogP) is 4.62. The summed E-state index contributed by atoms with van der Waals surface area (Å²) in [6.45, 7) is 12.5. The fourth-order valence-corrected chi connectivity index (χ4v) is 4.17. The lowest BCUT2D eigenvalue weighted by Crippen LogP contribution is -2.44. The van der Waals surface area contributed by atoms with E-state index in [2.05, 4.69) is 65.1 Å². The average Bonchev–Trinajstić information content (AvgIpc) is 2.79. The number of pyridine rings is 1. The maximum Gasteiger partial charge on any atom is 0.253 e. The molecule has 1 aromatic heterocycles. The molecule has 0 spiro atoms. The van der Waals surface area contributed by atoms with Gasteiger partial charge in [-0.25, -0.2) is 0 Å². The zero-order valence-corrected chi connectivity index (χ0v) is 20.3. The van der Waals surface area contributed by atoms with E-state index in [4.69, 9.17) is 12.2 Å². The normalized spacial score (nSPS) is 12.2. The number of likely N-dealkylation sites (N-methyl/N-ethyl adjacent to an activating group) is 1. The van der Waals surface area contributed by atoms with Crippen LogP contribution < -0.4 is 10.9 Å². The third kappa shape index (κ3) is 6.17. The Balaban J connectivity index is 1.82. The molecule has 32 heavy (non-hydrogen) atoms. The number of thiocarbonyl (C=S) groups is 1. The summed E-state index contributed by atoms with van der Waals surface area (Å²) in [6.07, 6.45) is 0. The van der Waals surface area contributed by atoms with Crippen molar-refractivity contribution in [2.24, 2.45) is 0 Å². The van der Waals surface area contributed by atoms with Crippen LogP contribution in [0.3, 0.4) is 0 Å². The van der Waals surface area contributed by atoms with Crippen LogP contribution in [0.5, 0.6) is 0 Å². The second-order valence-electron chi connectivity index (χ2n) is 8.24. The first kappa shape index (κ1) is 24.0. The lowest BCUT2D eigenvalue weighted by atomic mass is 10.1. The van der Waals surface area contributed by atoms with Crippen LogP contribution in [0, 0.1) is 6.92 Å². The van der Waals surface area contributed by atoms with Crippen molar-refractivity contribution >= 4 is 28.2 Å². The van der Waals surface area contributed by atoms with Crippen molar-refractivity contribution in [2.75, 3.05) is 26.2 Å². The number of nitrogens with one attached hydrogen (secondary N) is 2. The smallest absolute Gasteiger partial charge is 0.253 e. The quantitative estimate of drug-likeness (QED) is 0.466. The van der Waals surface area contributed by atoms with Crippen molar-refractivity contribution in [3.63, 3.8) is 0 Å². The number of aryl methyl sites for hydroxylation is 1. The second kappa shape index (κ2) is 11.2. The van der Waals surface area contributed by atoms with E-state index in [-0.39, 0.29) is 11.6 Å². The Labute approximate surface area is 196 Å². The van der Waals surface area contributed by atoms with Crippen molar-refractivity contribution in [1.82, 2.24) is 20.1 Å². The molecule has 0 saturated carbocycles. The van der Waals surface area contributed by atoms with E-state index in [1.54, 1.807) is 0 Å². The highest BCUT2D eigenvalue weighted by atomic mass is 32.1. The molecule has 3 aromatic rings. The van der Waals surface area contributed by atoms with Gasteiger partial charge in [0.25, 0.3) is 5.56 Å². The number of benzene rings is 2. The number of aromatic nitrogens is 1. The van der Waals surface area contributed by atoms with Gasteiger partial charge < -0.3 is 20.1 Å². The van der Waals surface area contributed by atoms with E-state index in [1.165, 1.54) is 5.56 Å². The van der Waals surface area contributed by atoms with Crippen LogP contribution in [0.1, 0.15) is 43.5 Å². The number of rotatable bonds is 9. The summed E-state index contributed by atoms with van der Waals surface area (Å²) in [5.41, 5.74) is 3.83. The van der Waals surface area contributed by atoms with Gasteiger partial charge in [0.1, 0.15) is 0 Å². The van der Waals surface area contributed by atoms with Gasteiger partial charge in [-0.15, -0.1) is 0 Å². The van der Waals surface area contributed by atoms with E-state index in [0.29, 0.717) is 11.7 Å². The van der Waals surface area contributed by atoms with Crippen molar-refractivity contribution in [2.45, 2.75) is 40.3 Å². The van der Waals surface area contributed by atoms with Gasteiger partial charge in [0.15, 0.2) is 5.11 Å². The Morgan fingerprint density at radius 1 is 1.06 bits per heavy atom. The number of H-pyrrole nitrogens is 1. The topological polar surface area (TPSA) is 51.4 Å². The fourth-order valence-electron chi connectivity index (χ4n) is 3.84. The van der Waals surface area contributed by atoms with Crippen LogP contribution in [0.2, 0.25) is 0 Å². The molecule has 3 rings (SSSR count). The van der Waals surface area contributed by atoms with Crippen LogP contribution >= 0.6 is 12.2 Å². The maximum atomic E-state index is 12.8. The molecule has 6 heteroatoms. The Hall–Kier alpha value is -2.70. The fraction of sp³-hybridized carbons (Fsp3) is 0.385. The summed E-state index contributed by atoms with van der Waals surface area (Å²) in [7, 11) is 0. The zero-order valence-electron chi connectivity index (χ0n) is 19.5. The third-order valence-corrected chi connectivity index (χ3v) is 6.32. The molecule has 2 aromatic carbocycles. The molecular formula is C26H34N4OS. The minimum absolute atomic E-state index is 0.0603. The standard InChI is InChI=1S/C26H34N4OS/c1-5-29(6-2)14-15-30(26(32)27-20(4)21-10-8-7-9-11-21)18-23-17-22-13-12-19(3)16-24(22)28-25(23)31/h7-13,16-17,20H,5-6,14-15,18H2,1-4H3,(H,27,32)(H,28,31). The highest BCUT2D eigenvalue weighted by Crippen LogP contribution is 2.16. The van der Waals surface area contributed by atoms with E-state index < -0.39 is 0 Å². The molecule has 0 aliphatic rings. The second-order valence-corrected chi connectivity index (χ2v) is 8.63. The number of hydrogen-bond acceptors (Lipinski definition) is 3. The first-order chi connectivity index (χ1) is 15.4. The largest absolute Gasteiger partial charge is 0.356 e. The van der Waals surface area contributed by atoms with Crippen LogP contribution in [0.4, 0.5) is 0 Å². The minimum atomic E-state index is -0.0603. The SMILES string of the molecule is CCN(CC)CCN(Cc1cc2ccc(C)cc2[nH]c1=O)C(=S)NC(C)c1ccccc1. The lowest BCUT2D eigenvalue weighted by Gasteiger charge is -2.30. The van der Waals surface area contributed by atoms with E-state index >= 15 is 0 Å². The van der Waals surface area contributed by atoms with E-state index in [0.717, 1.165) is 48.2 Å². The number of hydrogen-bond donors (Lipinski definition) is 2. The van der Waals surface area contributed by atoms with Crippen LogP contribution in [-0.2, 0) is 6.54 Å². The van der Waals surface area contributed by atoms with Gasteiger partial charge in [0.2, 0.25) is 0 Å². The predicted molar refractivity (Wildman–Crippen MR) is 138 cm³/mol. The molecule has 1 unspecified atom stereocenters. The lowest BCUT2D eigenvalue weighted by molar-refractivity contribution is 0.262. The molecule has 2 N–H and O–H groups in total. The monoisotopic (exact) mass is 450 g/mol. The highest BCUT2D eigenvalue weighted by Gasteiger charge is 2.17. The highest BCUT2D eigenvalue weighted by molar-refractivity contribution is 7.80. The van der Waals surface area contributed by atoms with Crippen LogP contribution in [-0.4, -0.2) is 46.1 Å². The van der Waals surface area contributed by atoms with E-state index in [1.807, 2.05) is 37.3 Å². The molecule has 5 nitrogen and oxygen atoms in total. The third-order valence-electron chi connectivity index (χ3n) is 5.95. The van der Waals surface area contributed by atoms with Gasteiger partial charge >= 0.3 is 0 Å². The first-order valence-corrected chi connectivity index (χ1v) is 11.8. The Kier molecular flexibility index (Phi) is 8.42. The molecule has 0 amide bonds. The molecule has 0 fully saturated rings. The van der Waals surface area contributed by atoms with Crippen molar-refractivity contribution in [3.05, 3.63) is 81.6 Å². The van der Waals surface area contributed by atoms with Gasteiger partial charge in [-0.1, -0.05) is 56.3 Å². The molecule has 1 atom stereocenters. The van der Waals surface area contributed by atoms with Gasteiger partial charge in [-0.2, -0.15) is 0 Å². The number of aromatic amines is 1. The van der Waals surface area contributed by atoms with Gasteiger partial charge in [0, 0.05) is 24.2 Å². The first-order valence-electron chi connectivity index (χ1n) is 11.4. The molecular weight excluding hydrogens is 416 g/mol. The Morgan fingerprint density at radius 3 is 2.47 bits per heavy atom. The molecule has 1 heterocycles. The summed E-state index contributed by atoms with van der Waals surface area (Å²) >= 11 is 5.82. The molecule has 0 bridgehead atoms. The summed E-state index contributed by atoms with van der Waals surface area (Å²) in [5, 5.41) is 5.16. The van der Waals surface area contributed by atoms with Gasteiger partial charge in [0.05, 0.1) is 12.6 Å². The van der Waals surface area contributed by atoms with Crippen LogP contribution in [0.15, 0.2) is 59.4 Å². The molecule has 0 radical (unpaired) electrons. The number of fused-ring (bicyclic) bond motifs is 1. The Bertz CT molecular complexity index is 1090. The molecule has 0 aliphatic heterocycles. The van der Waals surface area contributed by atoms with E-state index in [9.17, 15) is 4.79 Å². The summed E-state index contributed by atoms with van der Waals surface area (Å²) < 4.78 is 0. The van der Waals surface area contributed by atoms with Gasteiger partial charge in [-0.3, -0.25) is 4.79 Å². The summed E-state index contributed by atoms with van der Waals surface area (Å²) in [5.74, 6) is 0. The average molecular weight is 451 g/mol. The molecule has 0 aliphatic carbocycles. The van der Waals surface area contributed by atoms with Crippen molar-refractivity contribution < 1.29 is 0 Å².